The van der Waals surface area contributed by atoms with Crippen molar-refractivity contribution < 1.29 is 14.4 Å². The van der Waals surface area contributed by atoms with Crippen LogP contribution >= 0.6 is 11.8 Å². The van der Waals surface area contributed by atoms with E-state index in [0.29, 0.717) is 22.6 Å². The minimum Gasteiger partial charge on any atom is -0.350 e. The van der Waals surface area contributed by atoms with Gasteiger partial charge >= 0.3 is 0 Å². The van der Waals surface area contributed by atoms with E-state index in [-0.39, 0.29) is 23.1 Å². The quantitative estimate of drug-likeness (QED) is 0.431. The third-order valence-corrected chi connectivity index (χ3v) is 8.56. The summed E-state index contributed by atoms with van der Waals surface area (Å²) in [7, 11) is 0. The largest absolute Gasteiger partial charge is 0.350 e. The van der Waals surface area contributed by atoms with Crippen molar-refractivity contribution in [3.8, 4) is 0 Å². The molecule has 0 aromatic heterocycles. The van der Waals surface area contributed by atoms with Gasteiger partial charge in [0.15, 0.2) is 5.78 Å². The molecule has 0 saturated heterocycles. The van der Waals surface area contributed by atoms with E-state index in [0.717, 1.165) is 41.9 Å². The molecular weight excluding hydrogens is 432 g/mol. The number of ketones is 1. The van der Waals surface area contributed by atoms with Crippen molar-refractivity contribution in [3.63, 3.8) is 0 Å². The van der Waals surface area contributed by atoms with E-state index >= 15 is 0 Å². The number of carbonyl (C=O) groups excluding carboxylic acids is 3. The topological polar surface area (TPSA) is 75.3 Å². The molecule has 2 amide bonds. The summed E-state index contributed by atoms with van der Waals surface area (Å²) in [4.78, 5) is 38.0. The third kappa shape index (κ3) is 4.86. The monoisotopic (exact) mass is 462 g/mol. The maximum absolute atomic E-state index is 12.9. The van der Waals surface area contributed by atoms with E-state index in [1.54, 1.807) is 30.3 Å². The molecule has 0 atom stereocenters. The lowest BCUT2D eigenvalue weighted by Gasteiger charge is -2.56. The zero-order valence-corrected chi connectivity index (χ0v) is 19.8. The average Bonchev–Trinajstić information content (AvgIpc) is 2.77. The summed E-state index contributed by atoms with van der Waals surface area (Å²) in [6, 6.07) is 14.2. The number of carbonyl (C=O) groups is 3. The van der Waals surface area contributed by atoms with Crippen LogP contribution in [-0.4, -0.2) is 28.9 Å². The molecule has 5 nitrogen and oxygen atoms in total. The molecule has 4 bridgehead atoms. The second-order valence-electron chi connectivity index (χ2n) is 10.1. The van der Waals surface area contributed by atoms with Crippen LogP contribution < -0.4 is 10.6 Å². The van der Waals surface area contributed by atoms with Gasteiger partial charge in [-0.1, -0.05) is 12.1 Å². The maximum atomic E-state index is 12.9. The highest BCUT2D eigenvalue weighted by Gasteiger charge is 2.51. The fourth-order valence-corrected chi connectivity index (χ4v) is 7.36. The standard InChI is InChI=1S/C27H30N2O3S/c1-17(30)21-6-8-22(9-7-21)28-26(32)23-4-2-3-5-24(23)33-16-25(31)29-27-13-18-10-19(14-27)12-20(11-18)15-27/h2-9,18-20H,10-16H2,1H3,(H,28,32)(H,29,31). The second kappa shape index (κ2) is 8.98. The predicted molar refractivity (Wildman–Crippen MR) is 131 cm³/mol. The molecule has 6 heteroatoms. The molecule has 6 rings (SSSR count). The van der Waals surface area contributed by atoms with Crippen LogP contribution in [-0.2, 0) is 4.79 Å². The van der Waals surface area contributed by atoms with Crippen LogP contribution in [0.3, 0.4) is 0 Å². The Labute approximate surface area is 199 Å². The average molecular weight is 463 g/mol. The molecular formula is C27H30N2O3S. The van der Waals surface area contributed by atoms with Crippen LogP contribution in [0.15, 0.2) is 53.4 Å². The molecule has 4 aliphatic rings. The number of hydrogen-bond donors (Lipinski definition) is 2. The summed E-state index contributed by atoms with van der Waals surface area (Å²) < 4.78 is 0. The first-order chi connectivity index (χ1) is 15.9. The van der Waals surface area contributed by atoms with Crippen LogP contribution in [0.25, 0.3) is 0 Å². The Bertz CT molecular complexity index is 1040. The van der Waals surface area contributed by atoms with Gasteiger partial charge in [0.05, 0.1) is 11.3 Å². The Balaban J connectivity index is 1.20. The maximum Gasteiger partial charge on any atom is 0.256 e. The van der Waals surface area contributed by atoms with Gasteiger partial charge in [0.1, 0.15) is 0 Å². The Morgan fingerprint density at radius 2 is 1.52 bits per heavy atom. The summed E-state index contributed by atoms with van der Waals surface area (Å²) in [6.07, 6.45) is 7.46. The van der Waals surface area contributed by atoms with E-state index in [1.807, 2.05) is 18.2 Å². The van der Waals surface area contributed by atoms with Crippen LogP contribution in [0, 0.1) is 17.8 Å². The Hall–Kier alpha value is -2.60. The number of thioether (sulfide) groups is 1. The van der Waals surface area contributed by atoms with Crippen LogP contribution in [0.4, 0.5) is 5.69 Å². The summed E-state index contributed by atoms with van der Waals surface area (Å²) >= 11 is 1.41. The molecule has 2 N–H and O–H groups in total. The number of nitrogens with one attached hydrogen (secondary N) is 2. The molecule has 2 aromatic carbocycles. The minimum absolute atomic E-state index is 0.00925. The van der Waals surface area contributed by atoms with Crippen LogP contribution in [0.2, 0.25) is 0 Å². The Kier molecular flexibility index (Phi) is 6.04. The fraction of sp³-hybridized carbons (Fsp3) is 0.444. The lowest BCUT2D eigenvalue weighted by molar-refractivity contribution is -0.124. The van der Waals surface area contributed by atoms with Gasteiger partial charge in [-0.2, -0.15) is 0 Å². The molecule has 4 aliphatic carbocycles. The lowest BCUT2D eigenvalue weighted by Crippen LogP contribution is -2.60. The molecule has 33 heavy (non-hydrogen) atoms. The SMILES string of the molecule is CC(=O)c1ccc(NC(=O)c2ccccc2SCC(=O)NC23CC4CC(CC(C4)C2)C3)cc1. The van der Waals surface area contributed by atoms with Gasteiger partial charge in [0, 0.05) is 21.7 Å². The molecule has 0 spiro atoms. The highest BCUT2D eigenvalue weighted by Crippen LogP contribution is 2.55. The van der Waals surface area contributed by atoms with Gasteiger partial charge < -0.3 is 10.6 Å². The number of hydrogen-bond acceptors (Lipinski definition) is 4. The Morgan fingerprint density at radius 3 is 2.12 bits per heavy atom. The molecule has 0 unspecified atom stereocenters. The predicted octanol–water partition coefficient (Wildman–Crippen LogP) is 5.32. The number of benzene rings is 2. The first kappa shape index (κ1) is 22.2. The van der Waals surface area contributed by atoms with Gasteiger partial charge in [-0.15, -0.1) is 11.8 Å². The van der Waals surface area contributed by atoms with E-state index in [9.17, 15) is 14.4 Å². The van der Waals surface area contributed by atoms with Gasteiger partial charge in [-0.3, -0.25) is 14.4 Å². The highest BCUT2D eigenvalue weighted by molar-refractivity contribution is 8.00. The van der Waals surface area contributed by atoms with Gasteiger partial charge in [-0.25, -0.2) is 0 Å². The van der Waals surface area contributed by atoms with Crippen molar-refractivity contribution in [1.82, 2.24) is 5.32 Å². The zero-order valence-electron chi connectivity index (χ0n) is 18.9. The molecule has 4 saturated carbocycles. The molecule has 0 heterocycles. The van der Waals surface area contributed by atoms with E-state index in [2.05, 4.69) is 10.6 Å². The summed E-state index contributed by atoms with van der Waals surface area (Å²) in [5, 5.41) is 6.30. The molecule has 0 radical (unpaired) electrons. The second-order valence-corrected chi connectivity index (χ2v) is 11.1. The molecule has 0 aliphatic heterocycles. The van der Waals surface area contributed by atoms with Crippen molar-refractivity contribution in [2.45, 2.75) is 55.9 Å². The smallest absolute Gasteiger partial charge is 0.256 e. The number of Topliss-reactive ketones (excluding diaryl/α,β-unsaturated/α-hetero) is 1. The molecule has 172 valence electrons. The lowest BCUT2D eigenvalue weighted by atomic mass is 9.53. The number of rotatable bonds is 7. The van der Waals surface area contributed by atoms with E-state index in [4.69, 9.17) is 0 Å². The Morgan fingerprint density at radius 1 is 0.909 bits per heavy atom. The zero-order chi connectivity index (χ0) is 23.0. The third-order valence-electron chi connectivity index (χ3n) is 7.48. The summed E-state index contributed by atoms with van der Waals surface area (Å²) in [5.41, 5.74) is 1.79. The van der Waals surface area contributed by atoms with Crippen molar-refractivity contribution in [3.05, 3.63) is 59.7 Å². The van der Waals surface area contributed by atoms with Crippen LogP contribution in [0.5, 0.6) is 0 Å². The van der Waals surface area contributed by atoms with Crippen molar-refractivity contribution in [1.29, 1.82) is 0 Å². The van der Waals surface area contributed by atoms with Crippen molar-refractivity contribution in [2.24, 2.45) is 17.8 Å². The summed E-state index contributed by atoms with van der Waals surface area (Å²) in [6.45, 7) is 1.51. The fourth-order valence-electron chi connectivity index (χ4n) is 6.51. The normalized spacial score (nSPS) is 27.2. The highest BCUT2D eigenvalue weighted by atomic mass is 32.2. The van der Waals surface area contributed by atoms with Crippen molar-refractivity contribution in [2.75, 3.05) is 11.1 Å². The first-order valence-corrected chi connectivity index (χ1v) is 12.8. The van der Waals surface area contributed by atoms with Crippen molar-refractivity contribution >= 4 is 35.0 Å². The van der Waals surface area contributed by atoms with E-state index < -0.39 is 0 Å². The van der Waals surface area contributed by atoms with Gasteiger partial charge in [0.2, 0.25) is 5.91 Å². The van der Waals surface area contributed by atoms with E-state index in [1.165, 1.54) is 37.9 Å². The van der Waals surface area contributed by atoms with Crippen LogP contribution in [0.1, 0.15) is 66.2 Å². The van der Waals surface area contributed by atoms with Gasteiger partial charge in [0.25, 0.3) is 5.91 Å². The number of anilines is 1. The molecule has 2 aromatic rings. The van der Waals surface area contributed by atoms with Gasteiger partial charge in [-0.05, 0) is 99.6 Å². The first-order valence-electron chi connectivity index (χ1n) is 11.8. The molecule has 4 fully saturated rings. The number of amides is 2. The summed E-state index contributed by atoms with van der Waals surface area (Å²) in [5.74, 6) is 2.50. The minimum atomic E-state index is -0.227.